The van der Waals surface area contributed by atoms with E-state index < -0.39 is 0 Å². The van der Waals surface area contributed by atoms with Crippen molar-refractivity contribution >= 4 is 5.91 Å². The van der Waals surface area contributed by atoms with Crippen LogP contribution in [-0.2, 0) is 11.3 Å². The minimum atomic E-state index is 0.169. The smallest absolute Gasteiger partial charge is 0.244 e. The maximum atomic E-state index is 12.5. The number of aromatic nitrogens is 2. The summed E-state index contributed by atoms with van der Waals surface area (Å²) in [6.45, 7) is 4.01. The summed E-state index contributed by atoms with van der Waals surface area (Å²) in [6, 6.07) is 12.4. The highest BCUT2D eigenvalue weighted by Crippen LogP contribution is 2.26. The van der Waals surface area contributed by atoms with Crippen LogP contribution in [0.1, 0.15) is 30.0 Å². The van der Waals surface area contributed by atoms with Crippen molar-refractivity contribution in [2.24, 2.45) is 0 Å². The summed E-state index contributed by atoms with van der Waals surface area (Å²) < 4.78 is 1.77. The molecule has 1 saturated heterocycles. The summed E-state index contributed by atoms with van der Waals surface area (Å²) in [6.07, 6.45) is 3.98. The fourth-order valence-corrected chi connectivity index (χ4v) is 2.99. The second-order valence-corrected chi connectivity index (χ2v) is 5.72. The molecule has 1 aromatic heterocycles. The highest BCUT2D eigenvalue weighted by atomic mass is 16.2. The molecule has 0 aliphatic carbocycles. The van der Waals surface area contributed by atoms with Gasteiger partial charge in [0.2, 0.25) is 5.91 Å². The van der Waals surface area contributed by atoms with Crippen LogP contribution in [0.5, 0.6) is 0 Å². The van der Waals surface area contributed by atoms with Gasteiger partial charge in [0.15, 0.2) is 0 Å². The molecule has 3 rings (SSSR count). The quantitative estimate of drug-likeness (QED) is 0.868. The van der Waals surface area contributed by atoms with Gasteiger partial charge in [-0.1, -0.05) is 30.3 Å². The molecular weight excluding hydrogens is 262 g/mol. The Kier molecular flexibility index (Phi) is 4.04. The number of hydrogen-bond donors (Lipinski definition) is 0. The van der Waals surface area contributed by atoms with Crippen LogP contribution in [0.2, 0.25) is 0 Å². The van der Waals surface area contributed by atoms with Crippen molar-refractivity contribution in [2.75, 3.05) is 13.1 Å². The number of aryl methyl sites for hydroxylation is 1. The second-order valence-electron chi connectivity index (χ2n) is 5.72. The van der Waals surface area contributed by atoms with E-state index in [9.17, 15) is 4.79 Å². The molecule has 21 heavy (non-hydrogen) atoms. The maximum Gasteiger partial charge on any atom is 0.244 e. The molecule has 0 N–H and O–H groups in total. The van der Waals surface area contributed by atoms with Gasteiger partial charge in [0.1, 0.15) is 6.54 Å². The molecule has 4 nitrogen and oxygen atoms in total. The van der Waals surface area contributed by atoms with Crippen molar-refractivity contribution in [3.63, 3.8) is 0 Å². The molecule has 0 radical (unpaired) electrons. The number of amides is 1. The summed E-state index contributed by atoms with van der Waals surface area (Å²) in [5, 5.41) is 4.20. The Labute approximate surface area is 125 Å². The molecule has 1 atom stereocenters. The lowest BCUT2D eigenvalue weighted by molar-refractivity contribution is -0.133. The lowest BCUT2D eigenvalue weighted by Gasteiger charge is -2.33. The number of benzene rings is 1. The van der Waals surface area contributed by atoms with E-state index in [0.717, 1.165) is 31.6 Å². The summed E-state index contributed by atoms with van der Waals surface area (Å²) in [5.74, 6) is 0.630. The Balaban J connectivity index is 1.66. The molecule has 1 aromatic carbocycles. The SMILES string of the molecule is Cc1ccnn1CC(=O)N1CCCC(c2ccccc2)C1. The number of likely N-dealkylation sites (tertiary alicyclic amines) is 1. The lowest BCUT2D eigenvalue weighted by Crippen LogP contribution is -2.41. The fourth-order valence-electron chi connectivity index (χ4n) is 2.99. The molecule has 0 saturated carbocycles. The van der Waals surface area contributed by atoms with E-state index in [2.05, 4.69) is 29.4 Å². The molecule has 1 aliphatic heterocycles. The number of piperidine rings is 1. The molecule has 1 aliphatic rings. The molecule has 2 aromatic rings. The van der Waals surface area contributed by atoms with Gasteiger partial charge < -0.3 is 4.90 Å². The number of rotatable bonds is 3. The Morgan fingerprint density at radius 3 is 2.81 bits per heavy atom. The third-order valence-corrected chi connectivity index (χ3v) is 4.26. The van der Waals surface area contributed by atoms with Crippen LogP contribution in [0, 0.1) is 6.92 Å². The summed E-state index contributed by atoms with van der Waals surface area (Å²) in [7, 11) is 0. The fraction of sp³-hybridized carbons (Fsp3) is 0.412. The normalized spacial score (nSPS) is 18.7. The summed E-state index contributed by atoms with van der Waals surface area (Å²) in [5.41, 5.74) is 2.37. The zero-order valence-electron chi connectivity index (χ0n) is 12.4. The van der Waals surface area contributed by atoms with E-state index in [1.165, 1.54) is 5.56 Å². The average molecular weight is 283 g/mol. The predicted molar refractivity (Wildman–Crippen MR) is 82.0 cm³/mol. The number of nitrogens with zero attached hydrogens (tertiary/aromatic N) is 3. The average Bonchev–Trinajstić information content (AvgIpc) is 2.93. The van der Waals surface area contributed by atoms with Gasteiger partial charge >= 0.3 is 0 Å². The topological polar surface area (TPSA) is 38.1 Å². The molecule has 1 fully saturated rings. The third-order valence-electron chi connectivity index (χ3n) is 4.26. The molecule has 0 bridgehead atoms. The van der Waals surface area contributed by atoms with Crippen molar-refractivity contribution in [3.05, 3.63) is 53.9 Å². The lowest BCUT2D eigenvalue weighted by atomic mass is 9.90. The van der Waals surface area contributed by atoms with Crippen molar-refractivity contribution in [2.45, 2.75) is 32.2 Å². The minimum absolute atomic E-state index is 0.169. The zero-order valence-corrected chi connectivity index (χ0v) is 12.4. The second kappa shape index (κ2) is 6.12. The predicted octanol–water partition coefficient (Wildman–Crippen LogP) is 2.60. The standard InChI is InChI=1S/C17H21N3O/c1-14-9-10-18-20(14)13-17(21)19-11-5-8-16(12-19)15-6-3-2-4-7-15/h2-4,6-7,9-10,16H,5,8,11-13H2,1H3. The van der Waals surface area contributed by atoms with Gasteiger partial charge in [-0.3, -0.25) is 9.48 Å². The van der Waals surface area contributed by atoms with E-state index in [0.29, 0.717) is 12.5 Å². The van der Waals surface area contributed by atoms with Crippen LogP contribution >= 0.6 is 0 Å². The summed E-state index contributed by atoms with van der Waals surface area (Å²) in [4.78, 5) is 14.4. The third kappa shape index (κ3) is 3.15. The van der Waals surface area contributed by atoms with Gasteiger partial charge in [0.05, 0.1) is 0 Å². The maximum absolute atomic E-state index is 12.5. The van der Waals surface area contributed by atoms with Crippen LogP contribution in [0.25, 0.3) is 0 Å². The van der Waals surface area contributed by atoms with Gasteiger partial charge in [-0.15, -0.1) is 0 Å². The minimum Gasteiger partial charge on any atom is -0.340 e. The Morgan fingerprint density at radius 1 is 1.29 bits per heavy atom. The Morgan fingerprint density at radius 2 is 2.10 bits per heavy atom. The first-order chi connectivity index (χ1) is 10.2. The van der Waals surface area contributed by atoms with E-state index >= 15 is 0 Å². The van der Waals surface area contributed by atoms with E-state index in [4.69, 9.17) is 0 Å². The van der Waals surface area contributed by atoms with Gasteiger partial charge in [-0.25, -0.2) is 0 Å². The van der Waals surface area contributed by atoms with E-state index in [1.807, 2.05) is 24.0 Å². The van der Waals surface area contributed by atoms with Gasteiger partial charge in [0.25, 0.3) is 0 Å². The molecule has 4 heteroatoms. The van der Waals surface area contributed by atoms with Crippen LogP contribution in [-0.4, -0.2) is 33.7 Å². The van der Waals surface area contributed by atoms with Crippen LogP contribution in [0.4, 0.5) is 0 Å². The summed E-state index contributed by atoms with van der Waals surface area (Å²) >= 11 is 0. The van der Waals surface area contributed by atoms with E-state index in [-0.39, 0.29) is 5.91 Å². The molecule has 0 spiro atoms. The zero-order chi connectivity index (χ0) is 14.7. The first-order valence-corrected chi connectivity index (χ1v) is 7.55. The highest BCUT2D eigenvalue weighted by molar-refractivity contribution is 5.76. The van der Waals surface area contributed by atoms with Gasteiger partial charge in [0, 0.05) is 30.9 Å². The first kappa shape index (κ1) is 13.9. The number of hydrogen-bond acceptors (Lipinski definition) is 2. The molecule has 110 valence electrons. The van der Waals surface area contributed by atoms with Crippen molar-refractivity contribution in [1.82, 2.24) is 14.7 Å². The van der Waals surface area contributed by atoms with Gasteiger partial charge in [-0.2, -0.15) is 5.10 Å². The number of carbonyl (C=O) groups is 1. The molecule has 2 heterocycles. The van der Waals surface area contributed by atoms with Crippen LogP contribution in [0.15, 0.2) is 42.6 Å². The van der Waals surface area contributed by atoms with Crippen molar-refractivity contribution in [1.29, 1.82) is 0 Å². The van der Waals surface area contributed by atoms with E-state index in [1.54, 1.807) is 10.9 Å². The van der Waals surface area contributed by atoms with Crippen LogP contribution in [0.3, 0.4) is 0 Å². The van der Waals surface area contributed by atoms with Gasteiger partial charge in [-0.05, 0) is 31.4 Å². The number of carbonyl (C=O) groups excluding carboxylic acids is 1. The first-order valence-electron chi connectivity index (χ1n) is 7.55. The van der Waals surface area contributed by atoms with Crippen LogP contribution < -0.4 is 0 Å². The Bertz CT molecular complexity index is 606. The monoisotopic (exact) mass is 283 g/mol. The van der Waals surface area contributed by atoms with Crippen molar-refractivity contribution < 1.29 is 4.79 Å². The molecule has 1 unspecified atom stereocenters. The highest BCUT2D eigenvalue weighted by Gasteiger charge is 2.24. The molecule has 1 amide bonds. The largest absolute Gasteiger partial charge is 0.340 e. The van der Waals surface area contributed by atoms with Crippen molar-refractivity contribution in [3.8, 4) is 0 Å². The Hall–Kier alpha value is -2.10. The molecular formula is C17H21N3O.